The highest BCUT2D eigenvalue weighted by Gasteiger charge is 2.16. The Kier molecular flexibility index (Phi) is 3.59. The predicted octanol–water partition coefficient (Wildman–Crippen LogP) is 1.83. The van der Waals surface area contributed by atoms with Crippen LogP contribution in [0.4, 0.5) is 10.1 Å². The standard InChI is InChI=1S/C12H14FN3O2S/c1-15(2)19(17,18)14-12-9-10(5-6-11(12)13)16-7-3-4-8-16/h3-9,14H,1-2H3. The van der Waals surface area contributed by atoms with Crippen LogP contribution in [0.15, 0.2) is 42.7 Å². The van der Waals surface area contributed by atoms with Crippen molar-refractivity contribution in [3.63, 3.8) is 0 Å². The molecule has 0 aliphatic carbocycles. The molecule has 19 heavy (non-hydrogen) atoms. The fraction of sp³-hybridized carbons (Fsp3) is 0.167. The van der Waals surface area contributed by atoms with Crippen LogP contribution in [0.2, 0.25) is 0 Å². The lowest BCUT2D eigenvalue weighted by Gasteiger charge is -2.14. The highest BCUT2D eigenvalue weighted by atomic mass is 32.2. The summed E-state index contributed by atoms with van der Waals surface area (Å²) in [5.74, 6) is -0.624. The van der Waals surface area contributed by atoms with Crippen LogP contribution in [-0.4, -0.2) is 31.4 Å². The van der Waals surface area contributed by atoms with Crippen molar-refractivity contribution in [2.45, 2.75) is 0 Å². The van der Waals surface area contributed by atoms with Gasteiger partial charge in [0.15, 0.2) is 0 Å². The fourth-order valence-corrected chi connectivity index (χ4v) is 2.11. The first-order valence-corrected chi connectivity index (χ1v) is 6.97. The third kappa shape index (κ3) is 2.94. The van der Waals surface area contributed by atoms with E-state index in [2.05, 4.69) is 4.72 Å². The van der Waals surface area contributed by atoms with Crippen molar-refractivity contribution in [2.24, 2.45) is 0 Å². The summed E-state index contributed by atoms with van der Waals surface area (Å²) in [7, 11) is -0.983. The second-order valence-corrected chi connectivity index (χ2v) is 6.03. The third-order valence-electron chi connectivity index (χ3n) is 2.57. The zero-order valence-corrected chi connectivity index (χ0v) is 11.4. The van der Waals surface area contributed by atoms with Crippen LogP contribution in [0.25, 0.3) is 5.69 Å². The molecule has 0 fully saturated rings. The SMILES string of the molecule is CN(C)S(=O)(=O)Nc1cc(-n2cccc2)ccc1F. The van der Waals surface area contributed by atoms with Gasteiger partial charge in [-0.2, -0.15) is 12.7 Å². The van der Waals surface area contributed by atoms with Gasteiger partial charge in [-0.15, -0.1) is 0 Å². The lowest BCUT2D eigenvalue weighted by atomic mass is 10.2. The molecule has 1 heterocycles. The average Bonchev–Trinajstić information content (AvgIpc) is 2.85. The van der Waals surface area contributed by atoms with Gasteiger partial charge in [-0.1, -0.05) is 0 Å². The number of anilines is 1. The second-order valence-electron chi connectivity index (χ2n) is 4.14. The van der Waals surface area contributed by atoms with Crippen LogP contribution < -0.4 is 4.72 Å². The zero-order chi connectivity index (χ0) is 14.0. The molecular formula is C12H14FN3O2S. The molecule has 0 aliphatic rings. The maximum Gasteiger partial charge on any atom is 0.301 e. The molecule has 0 spiro atoms. The largest absolute Gasteiger partial charge is 0.324 e. The summed E-state index contributed by atoms with van der Waals surface area (Å²) in [6, 6.07) is 7.89. The monoisotopic (exact) mass is 283 g/mol. The minimum Gasteiger partial charge on any atom is -0.324 e. The second kappa shape index (κ2) is 5.02. The van der Waals surface area contributed by atoms with E-state index >= 15 is 0 Å². The molecular weight excluding hydrogens is 269 g/mol. The van der Waals surface area contributed by atoms with E-state index in [9.17, 15) is 12.8 Å². The van der Waals surface area contributed by atoms with Gasteiger partial charge in [-0.05, 0) is 30.3 Å². The molecule has 1 aromatic heterocycles. The van der Waals surface area contributed by atoms with E-state index < -0.39 is 16.0 Å². The number of aromatic nitrogens is 1. The van der Waals surface area contributed by atoms with Gasteiger partial charge >= 0.3 is 10.2 Å². The lowest BCUT2D eigenvalue weighted by Crippen LogP contribution is -2.29. The third-order valence-corrected chi connectivity index (χ3v) is 4.01. The maximum atomic E-state index is 13.7. The van der Waals surface area contributed by atoms with Crippen molar-refractivity contribution < 1.29 is 12.8 Å². The average molecular weight is 283 g/mol. The quantitative estimate of drug-likeness (QED) is 0.930. The van der Waals surface area contributed by atoms with Gasteiger partial charge in [-0.3, -0.25) is 4.72 Å². The van der Waals surface area contributed by atoms with Gasteiger partial charge in [0.2, 0.25) is 0 Å². The highest BCUT2D eigenvalue weighted by Crippen LogP contribution is 2.20. The van der Waals surface area contributed by atoms with E-state index in [1.807, 2.05) is 12.1 Å². The predicted molar refractivity (Wildman–Crippen MR) is 72.0 cm³/mol. The van der Waals surface area contributed by atoms with Gasteiger partial charge in [0.25, 0.3) is 0 Å². The number of benzene rings is 1. The van der Waals surface area contributed by atoms with Gasteiger partial charge in [0, 0.05) is 32.2 Å². The smallest absolute Gasteiger partial charge is 0.301 e. The Bertz CT molecular complexity index is 666. The minimum atomic E-state index is -3.73. The van der Waals surface area contributed by atoms with Crippen molar-refractivity contribution >= 4 is 15.9 Å². The van der Waals surface area contributed by atoms with Crippen molar-refractivity contribution in [3.05, 3.63) is 48.5 Å². The van der Waals surface area contributed by atoms with Crippen molar-refractivity contribution in [1.29, 1.82) is 0 Å². The molecule has 7 heteroatoms. The van der Waals surface area contributed by atoms with Gasteiger partial charge in [-0.25, -0.2) is 4.39 Å². The van der Waals surface area contributed by atoms with Crippen molar-refractivity contribution in [3.8, 4) is 5.69 Å². The van der Waals surface area contributed by atoms with Crippen molar-refractivity contribution in [2.75, 3.05) is 18.8 Å². The molecule has 0 unspecified atom stereocenters. The van der Waals surface area contributed by atoms with Gasteiger partial charge in [0.1, 0.15) is 5.82 Å². The van der Waals surface area contributed by atoms with E-state index in [1.165, 1.54) is 26.2 Å². The number of halogens is 1. The molecule has 5 nitrogen and oxygen atoms in total. The molecule has 1 aromatic carbocycles. The summed E-state index contributed by atoms with van der Waals surface area (Å²) in [6.07, 6.45) is 3.58. The molecule has 0 amide bonds. The number of hydrogen-bond acceptors (Lipinski definition) is 2. The van der Waals surface area contributed by atoms with E-state index in [4.69, 9.17) is 0 Å². The number of hydrogen-bond donors (Lipinski definition) is 1. The zero-order valence-electron chi connectivity index (χ0n) is 10.5. The van der Waals surface area contributed by atoms with Crippen LogP contribution in [0.3, 0.4) is 0 Å². The molecule has 2 rings (SSSR count). The first-order valence-electron chi connectivity index (χ1n) is 5.53. The Morgan fingerprint density at radius 1 is 1.21 bits per heavy atom. The maximum absolute atomic E-state index is 13.7. The van der Waals surface area contributed by atoms with Gasteiger partial charge in [0.05, 0.1) is 5.69 Å². The topological polar surface area (TPSA) is 54.3 Å². The first kappa shape index (κ1) is 13.6. The van der Waals surface area contributed by atoms with Crippen LogP contribution in [0, 0.1) is 5.82 Å². The Hall–Kier alpha value is -1.86. The van der Waals surface area contributed by atoms with E-state index in [0.29, 0.717) is 5.69 Å². The Morgan fingerprint density at radius 2 is 1.84 bits per heavy atom. The van der Waals surface area contributed by atoms with E-state index in [1.54, 1.807) is 23.0 Å². The van der Waals surface area contributed by atoms with Crippen LogP contribution in [-0.2, 0) is 10.2 Å². The molecule has 102 valence electrons. The minimum absolute atomic E-state index is 0.0834. The van der Waals surface area contributed by atoms with Crippen molar-refractivity contribution in [1.82, 2.24) is 8.87 Å². The summed E-state index contributed by atoms with van der Waals surface area (Å²) in [6.45, 7) is 0. The molecule has 0 bridgehead atoms. The summed E-state index contributed by atoms with van der Waals surface area (Å²) in [5, 5.41) is 0. The Balaban J connectivity index is 2.39. The summed E-state index contributed by atoms with van der Waals surface area (Å²) >= 11 is 0. The normalized spacial score (nSPS) is 11.8. The van der Waals surface area contributed by atoms with Crippen LogP contribution in [0.5, 0.6) is 0 Å². The first-order chi connectivity index (χ1) is 8.90. The van der Waals surface area contributed by atoms with E-state index in [0.717, 1.165) is 4.31 Å². The fourth-order valence-electron chi connectivity index (χ4n) is 1.49. The molecule has 2 aromatic rings. The molecule has 0 radical (unpaired) electrons. The number of rotatable bonds is 4. The van der Waals surface area contributed by atoms with Crippen LogP contribution in [0.1, 0.15) is 0 Å². The molecule has 0 saturated carbocycles. The number of nitrogens with zero attached hydrogens (tertiary/aromatic N) is 2. The highest BCUT2D eigenvalue weighted by molar-refractivity contribution is 7.90. The number of nitrogens with one attached hydrogen (secondary N) is 1. The Morgan fingerprint density at radius 3 is 2.42 bits per heavy atom. The van der Waals surface area contributed by atoms with Crippen LogP contribution >= 0.6 is 0 Å². The molecule has 0 saturated heterocycles. The Labute approximate surface area is 111 Å². The summed E-state index contributed by atoms with van der Waals surface area (Å²) in [5.41, 5.74) is 0.586. The molecule has 0 aliphatic heterocycles. The van der Waals surface area contributed by atoms with Gasteiger partial charge < -0.3 is 4.57 Å². The van der Waals surface area contributed by atoms with E-state index in [-0.39, 0.29) is 5.69 Å². The molecule has 0 atom stereocenters. The summed E-state index contributed by atoms with van der Waals surface area (Å²) < 4.78 is 42.0. The molecule has 1 N–H and O–H groups in total. The summed E-state index contributed by atoms with van der Waals surface area (Å²) in [4.78, 5) is 0. The lowest BCUT2D eigenvalue weighted by molar-refractivity contribution is 0.526.